The monoisotopic (exact) mass is 357 g/mol. The van der Waals surface area contributed by atoms with Crippen LogP contribution in [0.3, 0.4) is 0 Å². The normalized spacial score (nSPS) is 15.2. The molecule has 3 rings (SSSR count). The number of ether oxygens (including phenoxy) is 3. The van der Waals surface area contributed by atoms with E-state index >= 15 is 0 Å². The Labute approximate surface area is 155 Å². The Morgan fingerprint density at radius 1 is 1.04 bits per heavy atom. The quantitative estimate of drug-likeness (QED) is 0.826. The van der Waals surface area contributed by atoms with Crippen molar-refractivity contribution in [3.8, 4) is 17.2 Å². The topological polar surface area (TPSA) is 51.2 Å². The largest absolute Gasteiger partial charge is 0.493 e. The van der Waals surface area contributed by atoms with E-state index in [-0.39, 0.29) is 0 Å². The van der Waals surface area contributed by atoms with Gasteiger partial charge in [-0.15, -0.1) is 0 Å². The van der Waals surface area contributed by atoms with Gasteiger partial charge in [0.05, 0.1) is 14.2 Å². The van der Waals surface area contributed by atoms with Crippen LogP contribution in [0.5, 0.6) is 17.2 Å². The maximum absolute atomic E-state index is 10.3. The van der Waals surface area contributed by atoms with Crippen molar-refractivity contribution in [1.82, 2.24) is 4.90 Å². The number of nitrogens with zero attached hydrogens (tertiary/aromatic N) is 1. The number of hydrogen-bond acceptors (Lipinski definition) is 5. The molecule has 0 unspecified atom stereocenters. The lowest BCUT2D eigenvalue weighted by Crippen LogP contribution is -2.38. The minimum atomic E-state index is -0.530. The molecule has 140 valence electrons. The number of aliphatic hydroxyl groups is 1. The predicted molar refractivity (Wildman–Crippen MR) is 101 cm³/mol. The van der Waals surface area contributed by atoms with Gasteiger partial charge in [-0.2, -0.15) is 0 Å². The van der Waals surface area contributed by atoms with E-state index in [1.807, 2.05) is 37.3 Å². The van der Waals surface area contributed by atoms with Gasteiger partial charge in [0.15, 0.2) is 11.5 Å². The Morgan fingerprint density at radius 2 is 1.69 bits per heavy atom. The molecule has 5 nitrogen and oxygen atoms in total. The summed E-state index contributed by atoms with van der Waals surface area (Å²) in [5.74, 6) is 2.30. The Balaban J connectivity index is 1.55. The van der Waals surface area contributed by atoms with Crippen molar-refractivity contribution in [3.05, 3.63) is 53.1 Å². The van der Waals surface area contributed by atoms with Crippen molar-refractivity contribution in [2.24, 2.45) is 0 Å². The molecule has 5 heteroatoms. The van der Waals surface area contributed by atoms with E-state index in [2.05, 4.69) is 11.0 Å². The summed E-state index contributed by atoms with van der Waals surface area (Å²) in [5, 5.41) is 10.3. The number of hydrogen-bond donors (Lipinski definition) is 1. The van der Waals surface area contributed by atoms with Crippen molar-refractivity contribution < 1.29 is 19.3 Å². The zero-order chi connectivity index (χ0) is 18.5. The lowest BCUT2D eigenvalue weighted by atomic mass is 9.98. The fraction of sp³-hybridized carbons (Fsp3) is 0.429. The SMILES string of the molecule is COc1cc2c(cc1OC)CN(C[C@@H](O)COc1ccc(C)cc1)CC2. The third-order valence-electron chi connectivity index (χ3n) is 4.73. The molecule has 0 amide bonds. The molecule has 0 spiro atoms. The molecule has 0 bridgehead atoms. The highest BCUT2D eigenvalue weighted by Crippen LogP contribution is 2.33. The van der Waals surface area contributed by atoms with E-state index in [9.17, 15) is 5.11 Å². The van der Waals surface area contributed by atoms with E-state index in [0.717, 1.165) is 36.8 Å². The summed E-state index contributed by atoms with van der Waals surface area (Å²) >= 11 is 0. The molecule has 0 fully saturated rings. The number of rotatable bonds is 7. The van der Waals surface area contributed by atoms with Crippen LogP contribution < -0.4 is 14.2 Å². The molecule has 0 saturated heterocycles. The van der Waals surface area contributed by atoms with Gasteiger partial charge in [-0.3, -0.25) is 4.90 Å². The average Bonchev–Trinajstić information content (AvgIpc) is 2.66. The fourth-order valence-electron chi connectivity index (χ4n) is 3.28. The van der Waals surface area contributed by atoms with Gasteiger partial charge in [0.1, 0.15) is 18.5 Å². The number of methoxy groups -OCH3 is 2. The molecule has 0 saturated carbocycles. The van der Waals surface area contributed by atoms with Crippen LogP contribution >= 0.6 is 0 Å². The van der Waals surface area contributed by atoms with Gasteiger partial charge < -0.3 is 19.3 Å². The maximum Gasteiger partial charge on any atom is 0.161 e. The van der Waals surface area contributed by atoms with Gasteiger partial charge in [0.25, 0.3) is 0 Å². The Bertz CT molecular complexity index is 730. The van der Waals surface area contributed by atoms with Crippen LogP contribution in [-0.2, 0) is 13.0 Å². The summed E-state index contributed by atoms with van der Waals surface area (Å²) in [6, 6.07) is 12.0. The average molecular weight is 357 g/mol. The number of aliphatic hydroxyl groups excluding tert-OH is 1. The minimum Gasteiger partial charge on any atom is -0.493 e. The summed E-state index contributed by atoms with van der Waals surface area (Å²) in [6.07, 6.45) is 0.402. The van der Waals surface area contributed by atoms with Crippen molar-refractivity contribution in [3.63, 3.8) is 0 Å². The second-order valence-electron chi connectivity index (χ2n) is 6.74. The van der Waals surface area contributed by atoms with Crippen LogP contribution in [0.25, 0.3) is 0 Å². The van der Waals surface area contributed by atoms with Gasteiger partial charge >= 0.3 is 0 Å². The van der Waals surface area contributed by atoms with Gasteiger partial charge in [0, 0.05) is 19.6 Å². The lowest BCUT2D eigenvalue weighted by molar-refractivity contribution is 0.0637. The third kappa shape index (κ3) is 4.48. The molecule has 1 aliphatic rings. The molecule has 0 aliphatic carbocycles. The zero-order valence-electron chi connectivity index (χ0n) is 15.7. The highest BCUT2D eigenvalue weighted by molar-refractivity contribution is 5.48. The van der Waals surface area contributed by atoms with Crippen LogP contribution in [0.1, 0.15) is 16.7 Å². The number of fused-ring (bicyclic) bond motifs is 1. The first-order valence-corrected chi connectivity index (χ1v) is 8.92. The molecule has 1 aliphatic heterocycles. The first kappa shape index (κ1) is 18.5. The summed E-state index contributed by atoms with van der Waals surface area (Å²) in [6.45, 7) is 4.61. The van der Waals surface area contributed by atoms with Crippen LogP contribution in [0.4, 0.5) is 0 Å². The summed E-state index contributed by atoms with van der Waals surface area (Å²) in [5.41, 5.74) is 3.70. The summed E-state index contributed by atoms with van der Waals surface area (Å²) < 4.78 is 16.5. The molecule has 0 aromatic heterocycles. The van der Waals surface area contributed by atoms with E-state index in [0.29, 0.717) is 13.2 Å². The smallest absolute Gasteiger partial charge is 0.161 e. The lowest BCUT2D eigenvalue weighted by Gasteiger charge is -2.31. The molecular weight excluding hydrogens is 330 g/mol. The van der Waals surface area contributed by atoms with Crippen LogP contribution in [0.15, 0.2) is 36.4 Å². The molecule has 0 radical (unpaired) electrons. The van der Waals surface area contributed by atoms with E-state index in [4.69, 9.17) is 14.2 Å². The highest BCUT2D eigenvalue weighted by atomic mass is 16.5. The molecule has 1 heterocycles. The minimum absolute atomic E-state index is 0.290. The Kier molecular flexibility index (Phi) is 6.01. The third-order valence-corrected chi connectivity index (χ3v) is 4.73. The van der Waals surface area contributed by atoms with E-state index in [1.54, 1.807) is 14.2 Å². The molecule has 26 heavy (non-hydrogen) atoms. The molecular formula is C21H27NO4. The zero-order valence-corrected chi connectivity index (χ0v) is 15.7. The molecule has 2 aromatic rings. The molecule has 1 N–H and O–H groups in total. The van der Waals surface area contributed by atoms with Crippen molar-refractivity contribution in [1.29, 1.82) is 0 Å². The number of aryl methyl sites for hydroxylation is 1. The fourth-order valence-corrected chi connectivity index (χ4v) is 3.28. The second kappa shape index (κ2) is 8.43. The Hall–Kier alpha value is -2.24. The van der Waals surface area contributed by atoms with Crippen LogP contribution in [-0.4, -0.2) is 50.0 Å². The van der Waals surface area contributed by atoms with Gasteiger partial charge in [-0.1, -0.05) is 17.7 Å². The number of β-amino-alcohol motifs (C(OH)–C–C–N with tert-alkyl or cyclic N) is 1. The first-order valence-electron chi connectivity index (χ1n) is 8.92. The first-order chi connectivity index (χ1) is 12.6. The summed E-state index contributed by atoms with van der Waals surface area (Å²) in [4.78, 5) is 2.25. The van der Waals surface area contributed by atoms with Gasteiger partial charge in [-0.05, 0) is 48.7 Å². The van der Waals surface area contributed by atoms with Gasteiger partial charge in [0.2, 0.25) is 0 Å². The number of benzene rings is 2. The van der Waals surface area contributed by atoms with E-state index in [1.165, 1.54) is 16.7 Å². The van der Waals surface area contributed by atoms with E-state index < -0.39 is 6.10 Å². The Morgan fingerprint density at radius 3 is 2.35 bits per heavy atom. The summed E-state index contributed by atoms with van der Waals surface area (Å²) in [7, 11) is 3.31. The predicted octanol–water partition coefficient (Wildman–Crippen LogP) is 2.81. The van der Waals surface area contributed by atoms with Gasteiger partial charge in [-0.25, -0.2) is 0 Å². The maximum atomic E-state index is 10.3. The standard InChI is InChI=1S/C21H27NO4/c1-15-4-6-19(7-5-15)26-14-18(23)13-22-9-8-16-10-20(24-2)21(25-3)11-17(16)12-22/h4-7,10-11,18,23H,8-9,12-14H2,1-3H3/t18-/m1/s1. The molecule has 2 aromatic carbocycles. The highest BCUT2D eigenvalue weighted by Gasteiger charge is 2.21. The van der Waals surface area contributed by atoms with Crippen molar-refractivity contribution in [2.75, 3.05) is 33.9 Å². The van der Waals surface area contributed by atoms with Crippen molar-refractivity contribution in [2.45, 2.75) is 26.0 Å². The van der Waals surface area contributed by atoms with Crippen LogP contribution in [0.2, 0.25) is 0 Å². The van der Waals surface area contributed by atoms with Crippen molar-refractivity contribution >= 4 is 0 Å². The second-order valence-corrected chi connectivity index (χ2v) is 6.74. The van der Waals surface area contributed by atoms with Crippen LogP contribution in [0, 0.1) is 6.92 Å². The molecule has 1 atom stereocenters.